The fraction of sp³-hybridized carbons (Fsp3) is 1.00. The van der Waals surface area contributed by atoms with Gasteiger partial charge in [-0.3, -0.25) is 4.55 Å². The van der Waals surface area contributed by atoms with Crippen LogP contribution in [0.2, 0.25) is 0 Å². The molecule has 0 saturated heterocycles. The molecule has 0 saturated carbocycles. The lowest BCUT2D eigenvalue weighted by atomic mass is 9.94. The Morgan fingerprint density at radius 2 is 0.531 bits per heavy atom. The Morgan fingerprint density at radius 3 is 0.714 bits per heavy atom. The summed E-state index contributed by atoms with van der Waals surface area (Å²) in [4.78, 5) is 0. The van der Waals surface area contributed by atoms with Gasteiger partial charge in [-0.2, -0.15) is 8.42 Å². The van der Waals surface area contributed by atoms with Crippen molar-refractivity contribution >= 4 is 10.4 Å². The molecule has 0 bridgehead atoms. The lowest BCUT2D eigenvalue weighted by Crippen LogP contribution is -2.14. The minimum atomic E-state index is -4.35. The van der Waals surface area contributed by atoms with Crippen molar-refractivity contribution in [2.45, 2.75) is 271 Å². The van der Waals surface area contributed by atoms with Crippen LogP contribution in [0.1, 0.15) is 271 Å². The monoisotopic (exact) mass is 715 g/mol. The second kappa shape index (κ2) is 40.6. The molecule has 0 spiro atoms. The maximum atomic E-state index is 11.2. The molecular formula is C44H90O4S. The molecule has 1 N–H and O–H groups in total. The highest BCUT2D eigenvalue weighted by Crippen LogP contribution is 2.21. The lowest BCUT2D eigenvalue weighted by Gasteiger charge is -2.16. The molecule has 49 heavy (non-hydrogen) atoms. The second-order valence-electron chi connectivity index (χ2n) is 15.9. The van der Waals surface area contributed by atoms with Crippen molar-refractivity contribution in [2.75, 3.05) is 6.61 Å². The fourth-order valence-corrected chi connectivity index (χ4v) is 7.88. The molecule has 0 aromatic heterocycles. The first-order chi connectivity index (χ1) is 24.0. The first kappa shape index (κ1) is 48.9. The molecule has 4 nitrogen and oxygen atoms in total. The Balaban J connectivity index is 3.60. The Labute approximate surface area is 309 Å². The van der Waals surface area contributed by atoms with Gasteiger partial charge < -0.3 is 0 Å². The van der Waals surface area contributed by atoms with E-state index in [9.17, 15) is 8.42 Å². The van der Waals surface area contributed by atoms with E-state index in [1.54, 1.807) is 0 Å². The van der Waals surface area contributed by atoms with E-state index in [-0.39, 0.29) is 12.5 Å². The largest absolute Gasteiger partial charge is 0.397 e. The molecule has 1 atom stereocenters. The van der Waals surface area contributed by atoms with Crippen LogP contribution < -0.4 is 0 Å². The van der Waals surface area contributed by atoms with Crippen molar-refractivity contribution in [3.8, 4) is 0 Å². The Kier molecular flexibility index (Phi) is 40.5. The van der Waals surface area contributed by atoms with Crippen molar-refractivity contribution in [1.29, 1.82) is 0 Å². The van der Waals surface area contributed by atoms with Gasteiger partial charge in [0, 0.05) is 0 Å². The average molecular weight is 715 g/mol. The maximum Gasteiger partial charge on any atom is 0.397 e. The number of unbranched alkanes of at least 4 members (excludes halogenated alkanes) is 36. The van der Waals surface area contributed by atoms with Gasteiger partial charge >= 0.3 is 10.4 Å². The molecule has 0 heterocycles. The summed E-state index contributed by atoms with van der Waals surface area (Å²) in [5, 5.41) is 0. The Hall–Kier alpha value is -0.130. The van der Waals surface area contributed by atoms with Crippen LogP contribution in [-0.2, 0) is 14.6 Å². The third-order valence-corrected chi connectivity index (χ3v) is 11.3. The molecule has 296 valence electrons. The quantitative estimate of drug-likeness (QED) is 0.0504. The zero-order valence-electron chi connectivity index (χ0n) is 33.6. The Bertz CT molecular complexity index is 710. The second-order valence-corrected chi connectivity index (χ2v) is 17.0. The summed E-state index contributed by atoms with van der Waals surface area (Å²) in [7, 11) is -4.35. The zero-order chi connectivity index (χ0) is 35.8. The topological polar surface area (TPSA) is 63.6 Å². The summed E-state index contributed by atoms with van der Waals surface area (Å²) in [6, 6.07) is 0. The van der Waals surface area contributed by atoms with Crippen LogP contribution in [0.4, 0.5) is 0 Å². The predicted octanol–water partition coefficient (Wildman–Crippen LogP) is 16.1. The van der Waals surface area contributed by atoms with Crippen LogP contribution in [-0.4, -0.2) is 19.6 Å². The smallest absolute Gasteiger partial charge is 0.264 e. The first-order valence-corrected chi connectivity index (χ1v) is 24.0. The molecule has 0 aromatic carbocycles. The SMILES string of the molecule is CCCCCCCCCCCCCCCCCCCCCCC(CCCCCCCCCCCCCCCCCCCC)COS(=O)(=O)O. The van der Waals surface area contributed by atoms with E-state index in [2.05, 4.69) is 13.8 Å². The summed E-state index contributed by atoms with van der Waals surface area (Å²) in [6.07, 6.45) is 54.4. The summed E-state index contributed by atoms with van der Waals surface area (Å²) in [5.74, 6) is 0.235. The van der Waals surface area contributed by atoms with Gasteiger partial charge in [-0.15, -0.1) is 0 Å². The van der Waals surface area contributed by atoms with Gasteiger partial charge in [0.05, 0.1) is 6.61 Å². The van der Waals surface area contributed by atoms with Crippen LogP contribution >= 0.6 is 0 Å². The van der Waals surface area contributed by atoms with E-state index in [1.165, 1.54) is 231 Å². The number of hydrogen-bond donors (Lipinski definition) is 1. The van der Waals surface area contributed by atoms with E-state index in [0.29, 0.717) is 0 Å². The number of rotatable bonds is 43. The minimum Gasteiger partial charge on any atom is -0.264 e. The standard InChI is InChI=1S/C44H90O4S/c1-3-5-7-9-11-13-15-17-19-21-23-24-26-28-30-32-34-36-38-40-42-44(43-48-49(45,46)47)41-39-37-35-33-31-29-27-25-22-20-18-16-14-12-10-8-6-4-2/h44H,3-43H2,1-2H3,(H,45,46,47). The molecule has 1 unspecified atom stereocenters. The molecule has 0 fully saturated rings. The highest BCUT2D eigenvalue weighted by molar-refractivity contribution is 7.80. The summed E-state index contributed by atoms with van der Waals surface area (Å²) >= 11 is 0. The van der Waals surface area contributed by atoms with E-state index >= 15 is 0 Å². The van der Waals surface area contributed by atoms with E-state index in [4.69, 9.17) is 8.74 Å². The van der Waals surface area contributed by atoms with Gasteiger partial charge in [0.2, 0.25) is 0 Å². The molecule has 5 heteroatoms. The van der Waals surface area contributed by atoms with E-state index in [0.717, 1.165) is 25.7 Å². The molecule has 0 aliphatic carbocycles. The molecular weight excluding hydrogens is 625 g/mol. The molecule has 0 aliphatic rings. The van der Waals surface area contributed by atoms with Gasteiger partial charge in [0.15, 0.2) is 0 Å². The normalized spacial score (nSPS) is 12.6. The molecule has 0 amide bonds. The first-order valence-electron chi connectivity index (χ1n) is 22.6. The van der Waals surface area contributed by atoms with Crippen LogP contribution in [0.5, 0.6) is 0 Å². The summed E-state index contributed by atoms with van der Waals surface area (Å²) < 4.78 is 36.2. The van der Waals surface area contributed by atoms with Gasteiger partial charge in [0.25, 0.3) is 0 Å². The van der Waals surface area contributed by atoms with E-state index < -0.39 is 10.4 Å². The van der Waals surface area contributed by atoms with Crippen LogP contribution in [0.3, 0.4) is 0 Å². The molecule has 0 aromatic rings. The van der Waals surface area contributed by atoms with Crippen LogP contribution in [0.15, 0.2) is 0 Å². The molecule has 0 rings (SSSR count). The van der Waals surface area contributed by atoms with Gasteiger partial charge in [-0.1, -0.05) is 258 Å². The summed E-state index contributed by atoms with van der Waals surface area (Å²) in [5.41, 5.74) is 0. The van der Waals surface area contributed by atoms with Gasteiger partial charge in [-0.25, -0.2) is 4.18 Å². The van der Waals surface area contributed by atoms with Gasteiger partial charge in [0.1, 0.15) is 0 Å². The molecule has 0 radical (unpaired) electrons. The van der Waals surface area contributed by atoms with Crippen molar-refractivity contribution < 1.29 is 17.2 Å². The molecule has 0 aliphatic heterocycles. The predicted molar refractivity (Wildman–Crippen MR) is 217 cm³/mol. The highest BCUT2D eigenvalue weighted by atomic mass is 32.3. The maximum absolute atomic E-state index is 11.2. The van der Waals surface area contributed by atoms with Crippen LogP contribution in [0.25, 0.3) is 0 Å². The van der Waals surface area contributed by atoms with Crippen molar-refractivity contribution in [1.82, 2.24) is 0 Å². The fourth-order valence-electron chi connectivity index (χ4n) is 7.52. The minimum absolute atomic E-state index is 0.136. The Morgan fingerprint density at radius 1 is 0.347 bits per heavy atom. The highest BCUT2D eigenvalue weighted by Gasteiger charge is 2.14. The van der Waals surface area contributed by atoms with Gasteiger partial charge in [-0.05, 0) is 18.8 Å². The third kappa shape index (κ3) is 44.0. The average Bonchev–Trinajstić information content (AvgIpc) is 3.08. The zero-order valence-corrected chi connectivity index (χ0v) is 34.5. The summed E-state index contributed by atoms with van der Waals surface area (Å²) in [6.45, 7) is 4.72. The lowest BCUT2D eigenvalue weighted by molar-refractivity contribution is 0.204. The van der Waals surface area contributed by atoms with Crippen molar-refractivity contribution in [3.63, 3.8) is 0 Å². The van der Waals surface area contributed by atoms with Crippen LogP contribution in [0, 0.1) is 5.92 Å². The van der Waals surface area contributed by atoms with Crippen molar-refractivity contribution in [3.05, 3.63) is 0 Å². The number of hydrogen-bond acceptors (Lipinski definition) is 3. The van der Waals surface area contributed by atoms with Crippen molar-refractivity contribution in [2.24, 2.45) is 5.92 Å². The van der Waals surface area contributed by atoms with E-state index in [1.807, 2.05) is 0 Å². The third-order valence-electron chi connectivity index (χ3n) is 10.9.